The van der Waals surface area contributed by atoms with Crippen LogP contribution in [0.3, 0.4) is 0 Å². The van der Waals surface area contributed by atoms with Gasteiger partial charge in [0.05, 0.1) is 25.6 Å². The van der Waals surface area contributed by atoms with Gasteiger partial charge in [-0.3, -0.25) is 4.79 Å². The molecule has 0 fully saturated rings. The van der Waals surface area contributed by atoms with Gasteiger partial charge in [0.15, 0.2) is 0 Å². The summed E-state index contributed by atoms with van der Waals surface area (Å²) in [6, 6.07) is 13.8. The molecular weight excluding hydrogens is 409 g/mol. The van der Waals surface area contributed by atoms with Gasteiger partial charge in [0.1, 0.15) is 11.5 Å². The van der Waals surface area contributed by atoms with Crippen molar-refractivity contribution in [2.45, 2.75) is 12.1 Å². The number of methoxy groups -OCH3 is 2. The first-order valence-corrected chi connectivity index (χ1v) is 8.59. The summed E-state index contributed by atoms with van der Waals surface area (Å²) in [6.45, 7) is 0. The second-order valence-corrected chi connectivity index (χ2v) is 6.33. The van der Waals surface area contributed by atoms with E-state index in [4.69, 9.17) is 9.47 Å². The Labute approximate surface area is 168 Å². The van der Waals surface area contributed by atoms with E-state index in [1.54, 1.807) is 48.5 Å². The van der Waals surface area contributed by atoms with Crippen molar-refractivity contribution in [3.8, 4) is 33.9 Å². The molecule has 1 N–H and O–H groups in total. The van der Waals surface area contributed by atoms with Gasteiger partial charge in [0.2, 0.25) is 0 Å². The summed E-state index contributed by atoms with van der Waals surface area (Å²) >= 11 is 0. The summed E-state index contributed by atoms with van der Waals surface area (Å²) in [5.74, 6) is -6.83. The first-order valence-electron chi connectivity index (χ1n) is 8.59. The van der Waals surface area contributed by atoms with Crippen LogP contribution in [0.15, 0.2) is 54.6 Å². The third-order valence-corrected chi connectivity index (χ3v) is 4.48. The van der Waals surface area contributed by atoms with E-state index < -0.39 is 23.6 Å². The van der Waals surface area contributed by atoms with Crippen molar-refractivity contribution in [1.29, 1.82) is 0 Å². The van der Waals surface area contributed by atoms with Gasteiger partial charge in [0.25, 0.3) is 5.78 Å². The number of carbonyl (C=O) groups excluding carboxylic acids is 1. The molecule has 0 bridgehead atoms. The Balaban J connectivity index is 2.14. The molecule has 2 aromatic carbocycles. The number of carbonyl (C=O) groups is 1. The Morgan fingerprint density at radius 1 is 0.800 bits per heavy atom. The molecule has 0 amide bonds. The molecule has 3 rings (SSSR count). The van der Waals surface area contributed by atoms with Crippen molar-refractivity contribution in [1.82, 2.24) is 4.98 Å². The predicted molar refractivity (Wildman–Crippen MR) is 100 cm³/mol. The average molecular weight is 425 g/mol. The number of hydrogen-bond acceptors (Lipinski definition) is 3. The van der Waals surface area contributed by atoms with Crippen molar-refractivity contribution >= 4 is 5.78 Å². The van der Waals surface area contributed by atoms with E-state index in [0.717, 1.165) is 6.07 Å². The molecule has 4 nitrogen and oxygen atoms in total. The molecule has 0 spiro atoms. The Kier molecular flexibility index (Phi) is 5.56. The van der Waals surface area contributed by atoms with Gasteiger partial charge in [-0.1, -0.05) is 12.1 Å². The zero-order valence-electron chi connectivity index (χ0n) is 15.8. The first-order chi connectivity index (χ1) is 14.1. The molecule has 0 atom stereocenters. The number of H-pyrrole nitrogens is 1. The number of aromatic nitrogens is 1. The van der Waals surface area contributed by atoms with Crippen LogP contribution in [0.25, 0.3) is 22.4 Å². The number of benzene rings is 2. The molecule has 158 valence electrons. The van der Waals surface area contributed by atoms with Crippen LogP contribution in [-0.4, -0.2) is 37.1 Å². The van der Waals surface area contributed by atoms with Gasteiger partial charge >= 0.3 is 12.1 Å². The minimum Gasteiger partial charge on any atom is -0.497 e. The molecule has 0 aliphatic heterocycles. The number of rotatable bonds is 6. The fraction of sp³-hybridized carbons (Fsp3) is 0.190. The third-order valence-electron chi connectivity index (χ3n) is 4.48. The van der Waals surface area contributed by atoms with Crippen molar-refractivity contribution < 1.29 is 36.2 Å². The topological polar surface area (TPSA) is 51.3 Å². The molecule has 0 saturated carbocycles. The quantitative estimate of drug-likeness (QED) is 0.404. The van der Waals surface area contributed by atoms with E-state index >= 15 is 0 Å². The minimum absolute atomic E-state index is 0.212. The highest BCUT2D eigenvalue weighted by Gasteiger charge is 2.63. The summed E-state index contributed by atoms with van der Waals surface area (Å²) < 4.78 is 75.4. The van der Waals surface area contributed by atoms with E-state index in [1.807, 2.05) is 0 Å². The lowest BCUT2D eigenvalue weighted by Gasteiger charge is -2.17. The average Bonchev–Trinajstić information content (AvgIpc) is 3.17. The van der Waals surface area contributed by atoms with Gasteiger partial charge in [0, 0.05) is 5.56 Å². The summed E-state index contributed by atoms with van der Waals surface area (Å²) in [5, 5.41) is 0. The number of ketones is 1. The lowest BCUT2D eigenvalue weighted by atomic mass is 10.0. The van der Waals surface area contributed by atoms with E-state index in [0.29, 0.717) is 22.6 Å². The lowest BCUT2D eigenvalue weighted by molar-refractivity contribution is -0.255. The highest BCUT2D eigenvalue weighted by molar-refractivity contribution is 6.03. The van der Waals surface area contributed by atoms with Crippen LogP contribution in [-0.2, 0) is 0 Å². The summed E-state index contributed by atoms with van der Waals surface area (Å²) in [7, 11) is 2.92. The number of Topliss-reactive ketones (excluding diaryl/α,β-unsaturated/α-hetero) is 1. The van der Waals surface area contributed by atoms with Crippen LogP contribution in [0.1, 0.15) is 10.5 Å². The fourth-order valence-corrected chi connectivity index (χ4v) is 2.86. The van der Waals surface area contributed by atoms with E-state index in [-0.39, 0.29) is 11.3 Å². The third kappa shape index (κ3) is 3.87. The monoisotopic (exact) mass is 425 g/mol. The molecule has 0 aliphatic carbocycles. The standard InChI is InChI=1S/C21H16F5NO3/c1-29-14-7-3-12(4-8-14)16-11-17(19(28)20(22,23)21(24,25)26)27-18(16)13-5-9-15(30-2)10-6-13/h3-11,27H,1-2H3. The zero-order chi connectivity index (χ0) is 22.1. The molecule has 1 heterocycles. The van der Waals surface area contributed by atoms with E-state index in [9.17, 15) is 26.7 Å². The first kappa shape index (κ1) is 21.4. The van der Waals surface area contributed by atoms with Gasteiger partial charge in [-0.15, -0.1) is 0 Å². The number of halogens is 5. The predicted octanol–water partition coefficient (Wildman–Crippen LogP) is 5.75. The summed E-state index contributed by atoms with van der Waals surface area (Å²) in [6.07, 6.45) is -6.00. The second kappa shape index (κ2) is 7.81. The molecule has 0 unspecified atom stereocenters. The van der Waals surface area contributed by atoms with Crippen molar-refractivity contribution in [2.24, 2.45) is 0 Å². The molecule has 1 aromatic heterocycles. The molecule has 0 aliphatic rings. The molecule has 0 radical (unpaired) electrons. The lowest BCUT2D eigenvalue weighted by Crippen LogP contribution is -2.44. The summed E-state index contributed by atoms with van der Waals surface area (Å²) in [4.78, 5) is 14.4. The molecule has 0 saturated heterocycles. The number of ether oxygens (including phenoxy) is 2. The van der Waals surface area contributed by atoms with Gasteiger partial charge < -0.3 is 14.5 Å². The molecule has 9 heteroatoms. The number of hydrogen-bond donors (Lipinski definition) is 1. The molecule has 30 heavy (non-hydrogen) atoms. The van der Waals surface area contributed by atoms with Crippen LogP contribution in [0.4, 0.5) is 22.0 Å². The molecule has 3 aromatic rings. The van der Waals surface area contributed by atoms with E-state index in [1.165, 1.54) is 14.2 Å². The van der Waals surface area contributed by atoms with Crippen molar-refractivity contribution in [2.75, 3.05) is 14.2 Å². The fourth-order valence-electron chi connectivity index (χ4n) is 2.86. The Morgan fingerprint density at radius 3 is 1.70 bits per heavy atom. The maximum atomic E-state index is 13.6. The van der Waals surface area contributed by atoms with Crippen molar-refractivity contribution in [3.63, 3.8) is 0 Å². The van der Waals surface area contributed by atoms with Crippen LogP contribution < -0.4 is 9.47 Å². The highest BCUT2D eigenvalue weighted by Crippen LogP contribution is 2.40. The molecular formula is C21H16F5NO3. The van der Waals surface area contributed by atoms with Crippen LogP contribution in [0.2, 0.25) is 0 Å². The van der Waals surface area contributed by atoms with Gasteiger partial charge in [-0.2, -0.15) is 22.0 Å². The minimum atomic E-state index is -6.00. The van der Waals surface area contributed by atoms with Gasteiger partial charge in [-0.05, 0) is 53.6 Å². The van der Waals surface area contributed by atoms with Gasteiger partial charge in [-0.25, -0.2) is 0 Å². The summed E-state index contributed by atoms with van der Waals surface area (Å²) in [5.41, 5.74) is 0.602. The Morgan fingerprint density at radius 2 is 1.27 bits per heavy atom. The zero-order valence-corrected chi connectivity index (χ0v) is 15.8. The number of nitrogens with one attached hydrogen (secondary N) is 1. The van der Waals surface area contributed by atoms with Crippen LogP contribution >= 0.6 is 0 Å². The number of aromatic amines is 1. The maximum absolute atomic E-state index is 13.6. The SMILES string of the molecule is COc1ccc(-c2cc(C(=O)C(F)(F)C(F)(F)F)[nH]c2-c2ccc(OC)cc2)cc1. The maximum Gasteiger partial charge on any atom is 0.461 e. The van der Waals surface area contributed by atoms with Crippen LogP contribution in [0.5, 0.6) is 11.5 Å². The Bertz CT molecular complexity index is 973. The number of alkyl halides is 5. The van der Waals surface area contributed by atoms with Crippen molar-refractivity contribution in [3.05, 3.63) is 60.3 Å². The normalized spacial score (nSPS) is 12.0. The largest absolute Gasteiger partial charge is 0.497 e. The van der Waals surface area contributed by atoms with Crippen LogP contribution in [0, 0.1) is 0 Å². The second-order valence-electron chi connectivity index (χ2n) is 6.33. The highest BCUT2D eigenvalue weighted by atomic mass is 19.4. The smallest absolute Gasteiger partial charge is 0.461 e. The Hall–Kier alpha value is -3.36. The van der Waals surface area contributed by atoms with E-state index in [2.05, 4.69) is 4.98 Å².